The van der Waals surface area contributed by atoms with Crippen LogP contribution in [0.2, 0.25) is 0 Å². The summed E-state index contributed by atoms with van der Waals surface area (Å²) < 4.78 is 40.1. The van der Waals surface area contributed by atoms with Gasteiger partial charge in [-0.3, -0.25) is 0 Å². The predicted molar refractivity (Wildman–Crippen MR) is 92.5 cm³/mol. The fraction of sp³-hybridized carbons (Fsp3) is 0.647. The molecule has 0 unspecified atom stereocenters. The Hall–Kier alpha value is -1.31. The number of hydrogen-bond acceptors (Lipinski definition) is 4. The number of nitrogens with zero attached hydrogens (tertiary/aromatic N) is 2. The summed E-state index contributed by atoms with van der Waals surface area (Å²) in [4.78, 5) is 0. The predicted octanol–water partition coefficient (Wildman–Crippen LogP) is 2.27. The molecule has 1 fully saturated rings. The van der Waals surface area contributed by atoms with Gasteiger partial charge < -0.3 is 9.47 Å². The summed E-state index contributed by atoms with van der Waals surface area (Å²) in [6.07, 6.45) is 4.99. The van der Waals surface area contributed by atoms with E-state index < -0.39 is 10.2 Å². The van der Waals surface area contributed by atoms with Crippen molar-refractivity contribution >= 4 is 10.2 Å². The van der Waals surface area contributed by atoms with E-state index in [0.717, 1.165) is 25.7 Å². The summed E-state index contributed by atoms with van der Waals surface area (Å²) in [5.74, 6) is 1.37. The Morgan fingerprint density at radius 1 is 1.08 bits per heavy atom. The minimum absolute atomic E-state index is 0.107. The zero-order valence-electron chi connectivity index (χ0n) is 14.3. The smallest absolute Gasteiger partial charge is 0.281 e. The first kappa shape index (κ1) is 17.5. The lowest BCUT2D eigenvalue weighted by Gasteiger charge is -2.35. The minimum Gasteiger partial charge on any atom is -0.486 e. The highest BCUT2D eigenvalue weighted by Gasteiger charge is 2.33. The molecule has 2 aliphatic rings. The van der Waals surface area contributed by atoms with E-state index in [1.54, 1.807) is 14.1 Å². The summed E-state index contributed by atoms with van der Waals surface area (Å²) in [5, 5.41) is 0. The van der Waals surface area contributed by atoms with Crippen LogP contribution in [0.15, 0.2) is 24.3 Å². The van der Waals surface area contributed by atoms with Crippen LogP contribution >= 0.6 is 0 Å². The quantitative estimate of drug-likeness (QED) is 0.814. The monoisotopic (exact) mass is 354 g/mol. The SMILES string of the molecule is CN(C[C@@H]1COc2ccccc2O1)S(=O)(=O)N(C)C1CCCCC1. The molecule has 0 spiro atoms. The maximum absolute atomic E-state index is 12.8. The molecule has 1 saturated carbocycles. The molecule has 24 heavy (non-hydrogen) atoms. The molecule has 0 bridgehead atoms. The van der Waals surface area contributed by atoms with Crippen LogP contribution in [0.25, 0.3) is 0 Å². The number of hydrogen-bond donors (Lipinski definition) is 0. The van der Waals surface area contributed by atoms with Gasteiger partial charge >= 0.3 is 0 Å². The fourth-order valence-electron chi connectivity index (χ4n) is 3.39. The van der Waals surface area contributed by atoms with E-state index in [-0.39, 0.29) is 18.7 Å². The van der Waals surface area contributed by atoms with Crippen molar-refractivity contribution in [2.24, 2.45) is 0 Å². The Morgan fingerprint density at radius 3 is 2.46 bits per heavy atom. The third-order valence-corrected chi connectivity index (χ3v) is 6.84. The molecule has 0 aromatic heterocycles. The normalized spacial score (nSPS) is 22.1. The van der Waals surface area contributed by atoms with Gasteiger partial charge in [-0.15, -0.1) is 0 Å². The van der Waals surface area contributed by atoms with Gasteiger partial charge in [0.05, 0.1) is 6.54 Å². The Kier molecular flexibility index (Phi) is 5.32. The topological polar surface area (TPSA) is 59.1 Å². The van der Waals surface area contributed by atoms with E-state index in [1.165, 1.54) is 15.0 Å². The van der Waals surface area contributed by atoms with E-state index in [9.17, 15) is 8.42 Å². The largest absolute Gasteiger partial charge is 0.486 e. The number of rotatable bonds is 5. The average molecular weight is 354 g/mol. The van der Waals surface area contributed by atoms with Crippen molar-refractivity contribution in [1.29, 1.82) is 0 Å². The van der Waals surface area contributed by atoms with Crippen LogP contribution in [0.3, 0.4) is 0 Å². The molecule has 1 aromatic carbocycles. The number of benzene rings is 1. The molecule has 0 N–H and O–H groups in total. The average Bonchev–Trinajstić information content (AvgIpc) is 2.61. The van der Waals surface area contributed by atoms with Gasteiger partial charge in [0.1, 0.15) is 12.7 Å². The van der Waals surface area contributed by atoms with Crippen molar-refractivity contribution in [1.82, 2.24) is 8.61 Å². The molecule has 1 aliphatic carbocycles. The lowest BCUT2D eigenvalue weighted by molar-refractivity contribution is 0.0784. The minimum atomic E-state index is -3.48. The van der Waals surface area contributed by atoms with Crippen LogP contribution in [0.4, 0.5) is 0 Å². The van der Waals surface area contributed by atoms with Gasteiger partial charge in [-0.25, -0.2) is 0 Å². The molecule has 1 aliphatic heterocycles. The molecule has 6 nitrogen and oxygen atoms in total. The number of para-hydroxylation sites is 2. The molecule has 0 amide bonds. The Balaban J connectivity index is 1.62. The summed E-state index contributed by atoms with van der Waals surface area (Å²) in [5.41, 5.74) is 0. The highest BCUT2D eigenvalue weighted by atomic mass is 32.2. The third-order valence-electron chi connectivity index (χ3n) is 4.87. The van der Waals surface area contributed by atoms with Crippen LogP contribution in [-0.2, 0) is 10.2 Å². The molecule has 1 aromatic rings. The van der Waals surface area contributed by atoms with Gasteiger partial charge in [-0.2, -0.15) is 17.0 Å². The van der Waals surface area contributed by atoms with E-state index in [0.29, 0.717) is 18.1 Å². The number of ether oxygens (including phenoxy) is 2. The van der Waals surface area contributed by atoms with E-state index >= 15 is 0 Å². The van der Waals surface area contributed by atoms with Gasteiger partial charge in [0.25, 0.3) is 10.2 Å². The summed E-state index contributed by atoms with van der Waals surface area (Å²) >= 11 is 0. The van der Waals surface area contributed by atoms with Crippen molar-refractivity contribution in [3.05, 3.63) is 24.3 Å². The molecule has 7 heteroatoms. The molecule has 0 radical (unpaired) electrons. The molecule has 0 saturated heterocycles. The van der Waals surface area contributed by atoms with Crippen molar-refractivity contribution in [3.8, 4) is 11.5 Å². The van der Waals surface area contributed by atoms with Gasteiger partial charge in [0, 0.05) is 20.1 Å². The first-order valence-electron chi connectivity index (χ1n) is 8.56. The van der Waals surface area contributed by atoms with Crippen LogP contribution in [-0.4, -0.2) is 56.4 Å². The fourth-order valence-corrected chi connectivity index (χ4v) is 4.77. The van der Waals surface area contributed by atoms with Gasteiger partial charge in [-0.1, -0.05) is 31.4 Å². The van der Waals surface area contributed by atoms with Crippen molar-refractivity contribution in [3.63, 3.8) is 0 Å². The van der Waals surface area contributed by atoms with Crippen molar-refractivity contribution in [2.75, 3.05) is 27.2 Å². The second-order valence-electron chi connectivity index (χ2n) is 6.59. The lowest BCUT2D eigenvalue weighted by Crippen LogP contribution is -2.49. The Bertz CT molecular complexity index is 658. The van der Waals surface area contributed by atoms with Gasteiger partial charge in [0.2, 0.25) is 0 Å². The van der Waals surface area contributed by atoms with E-state index in [4.69, 9.17) is 9.47 Å². The third kappa shape index (κ3) is 3.68. The summed E-state index contributed by atoms with van der Waals surface area (Å²) in [6.45, 7) is 0.623. The highest BCUT2D eigenvalue weighted by molar-refractivity contribution is 7.86. The summed E-state index contributed by atoms with van der Waals surface area (Å²) in [7, 11) is -0.185. The zero-order valence-corrected chi connectivity index (χ0v) is 15.2. The van der Waals surface area contributed by atoms with Gasteiger partial charge in [-0.05, 0) is 25.0 Å². The standard InChI is InChI=1S/C17H26N2O4S/c1-18(24(20,21)19(2)14-8-4-3-5-9-14)12-15-13-22-16-10-6-7-11-17(16)23-15/h6-7,10-11,14-15H,3-5,8-9,12-13H2,1-2H3/t15-/m1/s1. The Morgan fingerprint density at radius 2 is 1.75 bits per heavy atom. The molecular weight excluding hydrogens is 328 g/mol. The maximum Gasteiger partial charge on any atom is 0.281 e. The molecular formula is C17H26N2O4S. The van der Waals surface area contributed by atoms with Crippen LogP contribution in [0.1, 0.15) is 32.1 Å². The Labute approximate surface area is 144 Å². The molecule has 1 atom stereocenters. The first-order valence-corrected chi connectivity index (χ1v) is 9.96. The van der Waals surface area contributed by atoms with Crippen molar-refractivity contribution in [2.45, 2.75) is 44.2 Å². The van der Waals surface area contributed by atoms with E-state index in [1.807, 2.05) is 24.3 Å². The van der Waals surface area contributed by atoms with E-state index in [2.05, 4.69) is 0 Å². The summed E-state index contributed by atoms with van der Waals surface area (Å²) in [6, 6.07) is 7.56. The molecule has 1 heterocycles. The zero-order chi connectivity index (χ0) is 17.2. The lowest BCUT2D eigenvalue weighted by atomic mass is 9.96. The highest BCUT2D eigenvalue weighted by Crippen LogP contribution is 2.31. The number of likely N-dealkylation sites (N-methyl/N-ethyl adjacent to an activating group) is 1. The first-order chi connectivity index (χ1) is 11.5. The van der Waals surface area contributed by atoms with Crippen LogP contribution in [0, 0.1) is 0 Å². The second kappa shape index (κ2) is 7.29. The second-order valence-corrected chi connectivity index (χ2v) is 8.69. The molecule has 3 rings (SSSR count). The number of fused-ring (bicyclic) bond motifs is 1. The van der Waals surface area contributed by atoms with Crippen LogP contribution in [0.5, 0.6) is 11.5 Å². The molecule has 134 valence electrons. The van der Waals surface area contributed by atoms with Crippen LogP contribution < -0.4 is 9.47 Å². The van der Waals surface area contributed by atoms with Crippen molar-refractivity contribution < 1.29 is 17.9 Å². The van der Waals surface area contributed by atoms with Gasteiger partial charge in [0.15, 0.2) is 11.5 Å². The maximum atomic E-state index is 12.8.